The molecular weight excluding hydrogens is 392 g/mol. The minimum Gasteiger partial charge on any atom is -0.461 e. The molecule has 0 atom stereocenters. The fraction of sp³-hybridized carbons (Fsp3) is 0.391. The van der Waals surface area contributed by atoms with Crippen LogP contribution in [0, 0.1) is 0 Å². The number of carbonyl (C=O) groups excluding carboxylic acids is 1. The van der Waals surface area contributed by atoms with E-state index in [1.807, 2.05) is 25.4 Å². The summed E-state index contributed by atoms with van der Waals surface area (Å²) in [4.78, 5) is 23.9. The molecule has 1 N–H and O–H groups in total. The zero-order chi connectivity index (χ0) is 22.0. The summed E-state index contributed by atoms with van der Waals surface area (Å²) in [7, 11) is 1.83. The average Bonchev–Trinajstić information content (AvgIpc) is 3.13. The number of anilines is 3. The monoisotopic (exact) mass is 420 g/mol. The van der Waals surface area contributed by atoms with Gasteiger partial charge in [0.15, 0.2) is 5.69 Å². The number of aryl methyl sites for hydroxylation is 2. The lowest BCUT2D eigenvalue weighted by atomic mass is 9.93. The molecule has 1 aliphatic rings. The average molecular weight is 421 g/mol. The molecule has 0 bridgehead atoms. The van der Waals surface area contributed by atoms with E-state index in [1.54, 1.807) is 11.6 Å². The maximum Gasteiger partial charge on any atom is 0.359 e. The predicted octanol–water partition coefficient (Wildman–Crippen LogP) is 3.74. The Bertz CT molecular complexity index is 1090. The number of benzene rings is 1. The van der Waals surface area contributed by atoms with Gasteiger partial charge >= 0.3 is 5.97 Å². The number of hydrogen-bond donors (Lipinski definition) is 1. The smallest absolute Gasteiger partial charge is 0.359 e. The first-order chi connectivity index (χ1) is 15.0. The summed E-state index contributed by atoms with van der Waals surface area (Å²) in [5, 5.41) is 7.72. The third kappa shape index (κ3) is 3.97. The molecule has 162 valence electrons. The highest BCUT2D eigenvalue weighted by Crippen LogP contribution is 2.34. The fourth-order valence-corrected chi connectivity index (χ4v) is 4.05. The third-order valence-electron chi connectivity index (χ3n) is 5.60. The second kappa shape index (κ2) is 8.75. The lowest BCUT2D eigenvalue weighted by Gasteiger charge is -2.21. The first-order valence-electron chi connectivity index (χ1n) is 10.8. The molecule has 1 aromatic carbocycles. The number of ether oxygens (including phenoxy) is 1. The Hall–Kier alpha value is -3.42. The van der Waals surface area contributed by atoms with Crippen molar-refractivity contribution in [3.8, 4) is 11.4 Å². The summed E-state index contributed by atoms with van der Waals surface area (Å²) in [6.45, 7) is 8.36. The molecule has 0 unspecified atom stereocenters. The van der Waals surface area contributed by atoms with Gasteiger partial charge in [0.25, 0.3) is 0 Å². The second-order valence-corrected chi connectivity index (χ2v) is 7.43. The highest BCUT2D eigenvalue weighted by Gasteiger charge is 2.29. The van der Waals surface area contributed by atoms with Gasteiger partial charge in [-0.3, -0.25) is 4.68 Å². The largest absolute Gasteiger partial charge is 0.461 e. The van der Waals surface area contributed by atoms with Gasteiger partial charge in [0.1, 0.15) is 0 Å². The van der Waals surface area contributed by atoms with Crippen LogP contribution in [0.1, 0.15) is 42.4 Å². The molecule has 2 heterocycles. The van der Waals surface area contributed by atoms with Gasteiger partial charge in [-0.05, 0) is 63.4 Å². The van der Waals surface area contributed by atoms with Crippen LogP contribution in [-0.4, -0.2) is 45.4 Å². The first-order valence-corrected chi connectivity index (χ1v) is 10.8. The van der Waals surface area contributed by atoms with Gasteiger partial charge in [-0.1, -0.05) is 0 Å². The number of nitrogens with zero attached hydrogens (tertiary/aromatic N) is 5. The number of carbonyl (C=O) groups is 1. The summed E-state index contributed by atoms with van der Waals surface area (Å²) in [6, 6.07) is 8.26. The zero-order valence-corrected chi connectivity index (χ0v) is 18.5. The Morgan fingerprint density at radius 2 is 1.90 bits per heavy atom. The molecule has 0 radical (unpaired) electrons. The van der Waals surface area contributed by atoms with Gasteiger partial charge in [0.05, 0.1) is 18.0 Å². The van der Waals surface area contributed by atoms with Crippen LogP contribution in [0.15, 0.2) is 30.5 Å². The fourth-order valence-electron chi connectivity index (χ4n) is 4.05. The molecule has 8 heteroatoms. The Morgan fingerprint density at radius 1 is 1.16 bits per heavy atom. The van der Waals surface area contributed by atoms with Gasteiger partial charge in [0, 0.05) is 43.3 Å². The van der Waals surface area contributed by atoms with Crippen molar-refractivity contribution in [3.63, 3.8) is 0 Å². The molecule has 0 fully saturated rings. The topological polar surface area (TPSA) is 85.2 Å². The van der Waals surface area contributed by atoms with Crippen LogP contribution in [0.25, 0.3) is 11.4 Å². The maximum atomic E-state index is 12.3. The van der Waals surface area contributed by atoms with Gasteiger partial charge in [-0.15, -0.1) is 0 Å². The highest BCUT2D eigenvalue weighted by atomic mass is 16.5. The molecule has 8 nitrogen and oxygen atoms in total. The Labute approximate surface area is 182 Å². The Kier molecular flexibility index (Phi) is 5.88. The first kappa shape index (κ1) is 20.8. The van der Waals surface area contributed by atoms with E-state index >= 15 is 0 Å². The van der Waals surface area contributed by atoms with Crippen molar-refractivity contribution in [1.29, 1.82) is 0 Å². The normalized spacial score (nSPS) is 12.1. The molecule has 0 saturated heterocycles. The van der Waals surface area contributed by atoms with Crippen molar-refractivity contribution >= 4 is 23.3 Å². The van der Waals surface area contributed by atoms with Crippen molar-refractivity contribution < 1.29 is 9.53 Å². The highest BCUT2D eigenvalue weighted by molar-refractivity contribution is 5.91. The van der Waals surface area contributed by atoms with E-state index in [-0.39, 0.29) is 5.97 Å². The maximum absolute atomic E-state index is 12.3. The number of nitrogens with one attached hydrogen (secondary N) is 1. The minimum absolute atomic E-state index is 0.323. The van der Waals surface area contributed by atoms with Crippen LogP contribution >= 0.6 is 0 Å². The standard InChI is InChI=1S/C23H28N6O2/c1-5-29(6-2)17-11-9-16(10-12-17)25-23-24-14-15-8-13-18-20(22(30)31-7-3)27-28(4)21(18)19(15)26-23/h9-12,14H,5-8,13H2,1-4H3,(H,24,25,26). The van der Waals surface area contributed by atoms with E-state index < -0.39 is 0 Å². The van der Waals surface area contributed by atoms with E-state index in [2.05, 4.69) is 46.3 Å². The van der Waals surface area contributed by atoms with Crippen LogP contribution < -0.4 is 10.2 Å². The SMILES string of the molecule is CCOC(=O)c1nn(C)c2c1CCc1cnc(Nc3ccc(N(CC)CC)cc3)nc1-2. The minimum atomic E-state index is -0.386. The zero-order valence-electron chi connectivity index (χ0n) is 18.5. The van der Waals surface area contributed by atoms with E-state index in [1.165, 1.54) is 5.69 Å². The van der Waals surface area contributed by atoms with Gasteiger partial charge < -0.3 is 15.0 Å². The number of esters is 1. The molecule has 1 aliphatic carbocycles. The molecule has 0 saturated carbocycles. The van der Waals surface area contributed by atoms with E-state index in [0.717, 1.165) is 47.7 Å². The van der Waals surface area contributed by atoms with Gasteiger partial charge in [-0.25, -0.2) is 14.8 Å². The van der Waals surface area contributed by atoms with Gasteiger partial charge in [0.2, 0.25) is 5.95 Å². The van der Waals surface area contributed by atoms with Crippen LogP contribution in [0.5, 0.6) is 0 Å². The lowest BCUT2D eigenvalue weighted by Crippen LogP contribution is -2.21. The van der Waals surface area contributed by atoms with Gasteiger partial charge in [-0.2, -0.15) is 5.10 Å². The molecule has 0 spiro atoms. The van der Waals surface area contributed by atoms with Crippen molar-refractivity contribution in [1.82, 2.24) is 19.7 Å². The van der Waals surface area contributed by atoms with Crippen LogP contribution in [0.2, 0.25) is 0 Å². The molecule has 0 amide bonds. The second-order valence-electron chi connectivity index (χ2n) is 7.43. The number of hydrogen-bond acceptors (Lipinski definition) is 7. The van der Waals surface area contributed by atoms with Crippen LogP contribution in [0.3, 0.4) is 0 Å². The van der Waals surface area contributed by atoms with Crippen molar-refractivity contribution in [2.24, 2.45) is 7.05 Å². The third-order valence-corrected chi connectivity index (χ3v) is 5.60. The molecule has 31 heavy (non-hydrogen) atoms. The molecule has 3 aromatic rings. The summed E-state index contributed by atoms with van der Waals surface area (Å²) >= 11 is 0. The predicted molar refractivity (Wildman–Crippen MR) is 121 cm³/mol. The van der Waals surface area contributed by atoms with E-state index in [4.69, 9.17) is 9.72 Å². The number of aromatic nitrogens is 4. The molecule has 0 aliphatic heterocycles. The quantitative estimate of drug-likeness (QED) is 0.583. The van der Waals surface area contributed by atoms with Crippen molar-refractivity contribution in [2.45, 2.75) is 33.6 Å². The Morgan fingerprint density at radius 3 is 2.58 bits per heavy atom. The molecular formula is C23H28N6O2. The molecule has 4 rings (SSSR count). The van der Waals surface area contributed by atoms with Crippen LogP contribution in [0.4, 0.5) is 17.3 Å². The summed E-state index contributed by atoms with van der Waals surface area (Å²) in [6.07, 6.45) is 3.33. The summed E-state index contributed by atoms with van der Waals surface area (Å²) < 4.78 is 6.89. The number of fused-ring (bicyclic) bond motifs is 3. The lowest BCUT2D eigenvalue weighted by molar-refractivity contribution is 0.0517. The van der Waals surface area contributed by atoms with Crippen molar-refractivity contribution in [2.75, 3.05) is 29.9 Å². The van der Waals surface area contributed by atoms with Crippen molar-refractivity contribution in [3.05, 3.63) is 47.3 Å². The molecule has 2 aromatic heterocycles. The summed E-state index contributed by atoms with van der Waals surface area (Å²) in [5.41, 5.74) is 6.09. The summed E-state index contributed by atoms with van der Waals surface area (Å²) in [5.74, 6) is 0.129. The number of rotatable bonds is 7. The Balaban J connectivity index is 1.62. The van der Waals surface area contributed by atoms with E-state index in [9.17, 15) is 4.79 Å². The van der Waals surface area contributed by atoms with Crippen LogP contribution in [-0.2, 0) is 24.6 Å². The van der Waals surface area contributed by atoms with E-state index in [0.29, 0.717) is 24.7 Å².